The van der Waals surface area contributed by atoms with Crippen LogP contribution in [-0.2, 0) is 4.79 Å². The molecule has 0 bridgehead atoms. The van der Waals surface area contributed by atoms with Crippen LogP contribution in [0.15, 0.2) is 47.6 Å². The summed E-state index contributed by atoms with van der Waals surface area (Å²) in [6, 6.07) is 10.6. The van der Waals surface area contributed by atoms with Gasteiger partial charge in [-0.15, -0.1) is 0 Å². The number of nitrogens with zero attached hydrogens (tertiary/aromatic N) is 1. The van der Waals surface area contributed by atoms with Gasteiger partial charge >= 0.3 is 0 Å². The summed E-state index contributed by atoms with van der Waals surface area (Å²) in [6.45, 7) is 3.65. The molecule has 27 heavy (non-hydrogen) atoms. The standard InChI is InChI=1S/C19H18Cl3N3O2/c1-11(2)17(24-18(26)12-3-6-14(20)7-4-12)19(27)25-23-10-13-5-8-15(21)9-16(13)22/h3-11,17H,1-2H3,(H,24,26)(H,25,27). The van der Waals surface area contributed by atoms with Gasteiger partial charge in [0.05, 0.1) is 11.2 Å². The molecule has 2 aromatic carbocycles. The lowest BCUT2D eigenvalue weighted by molar-refractivity contribution is -0.123. The summed E-state index contributed by atoms with van der Waals surface area (Å²) in [5.74, 6) is -0.950. The minimum absolute atomic E-state index is 0.143. The monoisotopic (exact) mass is 425 g/mol. The molecule has 2 N–H and O–H groups in total. The molecule has 0 aliphatic carbocycles. The van der Waals surface area contributed by atoms with E-state index in [2.05, 4.69) is 15.8 Å². The van der Waals surface area contributed by atoms with Crippen molar-refractivity contribution in [1.29, 1.82) is 0 Å². The Morgan fingerprint density at radius 1 is 1.00 bits per heavy atom. The number of carbonyl (C=O) groups is 2. The lowest BCUT2D eigenvalue weighted by atomic mass is 10.0. The molecule has 5 nitrogen and oxygen atoms in total. The highest BCUT2D eigenvalue weighted by molar-refractivity contribution is 6.36. The van der Waals surface area contributed by atoms with E-state index in [9.17, 15) is 9.59 Å². The molecule has 0 spiro atoms. The summed E-state index contributed by atoms with van der Waals surface area (Å²) in [4.78, 5) is 24.8. The van der Waals surface area contributed by atoms with Gasteiger partial charge in [0, 0.05) is 21.2 Å². The van der Waals surface area contributed by atoms with Crippen LogP contribution in [0.25, 0.3) is 0 Å². The lowest BCUT2D eigenvalue weighted by Gasteiger charge is -2.20. The average molecular weight is 427 g/mol. The minimum Gasteiger partial charge on any atom is -0.340 e. The number of halogens is 3. The van der Waals surface area contributed by atoms with E-state index < -0.39 is 11.9 Å². The maximum Gasteiger partial charge on any atom is 0.262 e. The van der Waals surface area contributed by atoms with Crippen LogP contribution in [0.4, 0.5) is 0 Å². The second-order valence-electron chi connectivity index (χ2n) is 6.10. The predicted molar refractivity (Wildman–Crippen MR) is 110 cm³/mol. The number of benzene rings is 2. The zero-order chi connectivity index (χ0) is 20.0. The van der Waals surface area contributed by atoms with E-state index in [4.69, 9.17) is 34.8 Å². The van der Waals surface area contributed by atoms with Crippen LogP contribution in [0, 0.1) is 5.92 Å². The van der Waals surface area contributed by atoms with E-state index >= 15 is 0 Å². The average Bonchev–Trinajstić information content (AvgIpc) is 2.61. The molecule has 0 fully saturated rings. The van der Waals surface area contributed by atoms with Crippen LogP contribution in [0.3, 0.4) is 0 Å². The molecule has 0 radical (unpaired) electrons. The molecule has 1 atom stereocenters. The summed E-state index contributed by atoms with van der Waals surface area (Å²) >= 11 is 17.7. The van der Waals surface area contributed by atoms with Gasteiger partial charge in [-0.2, -0.15) is 5.10 Å². The Kier molecular flexibility index (Phi) is 7.66. The van der Waals surface area contributed by atoms with E-state index in [1.165, 1.54) is 6.21 Å². The highest BCUT2D eigenvalue weighted by Gasteiger charge is 2.24. The smallest absolute Gasteiger partial charge is 0.262 e. The highest BCUT2D eigenvalue weighted by atomic mass is 35.5. The molecule has 0 saturated carbocycles. The number of amides is 2. The minimum atomic E-state index is -0.758. The van der Waals surface area contributed by atoms with E-state index in [-0.39, 0.29) is 11.8 Å². The number of nitrogens with one attached hydrogen (secondary N) is 2. The van der Waals surface area contributed by atoms with Crippen LogP contribution in [0.2, 0.25) is 15.1 Å². The first-order valence-corrected chi connectivity index (χ1v) is 9.25. The maximum absolute atomic E-state index is 12.4. The van der Waals surface area contributed by atoms with Crippen molar-refractivity contribution in [3.05, 3.63) is 68.7 Å². The first-order valence-electron chi connectivity index (χ1n) is 8.12. The Balaban J connectivity index is 2.02. The number of hydrogen-bond acceptors (Lipinski definition) is 3. The van der Waals surface area contributed by atoms with Crippen molar-refractivity contribution in [2.75, 3.05) is 0 Å². The fourth-order valence-corrected chi connectivity index (χ4v) is 2.79. The number of hydrazone groups is 1. The van der Waals surface area contributed by atoms with Crippen LogP contribution >= 0.6 is 34.8 Å². The molecule has 0 aliphatic heterocycles. The van der Waals surface area contributed by atoms with Crippen molar-refractivity contribution in [3.63, 3.8) is 0 Å². The zero-order valence-corrected chi connectivity index (χ0v) is 16.9. The first-order chi connectivity index (χ1) is 12.8. The first kappa shape index (κ1) is 21.2. The van der Waals surface area contributed by atoms with Crippen molar-refractivity contribution < 1.29 is 9.59 Å². The van der Waals surface area contributed by atoms with Gasteiger partial charge < -0.3 is 5.32 Å². The molecule has 0 aromatic heterocycles. The lowest BCUT2D eigenvalue weighted by Crippen LogP contribution is -2.48. The maximum atomic E-state index is 12.4. The van der Waals surface area contributed by atoms with Gasteiger partial charge in [0.1, 0.15) is 6.04 Å². The van der Waals surface area contributed by atoms with Crippen molar-refractivity contribution in [3.8, 4) is 0 Å². The van der Waals surface area contributed by atoms with Gasteiger partial charge in [-0.25, -0.2) is 5.43 Å². The van der Waals surface area contributed by atoms with Crippen LogP contribution in [-0.4, -0.2) is 24.1 Å². The third-order valence-corrected chi connectivity index (χ3v) is 4.50. The molecule has 0 heterocycles. The van der Waals surface area contributed by atoms with Crippen molar-refractivity contribution in [2.45, 2.75) is 19.9 Å². The van der Waals surface area contributed by atoms with Crippen LogP contribution in [0.5, 0.6) is 0 Å². The molecule has 2 aromatic rings. The SMILES string of the molecule is CC(C)C(NC(=O)c1ccc(Cl)cc1)C(=O)NN=Cc1ccc(Cl)cc1Cl. The second kappa shape index (κ2) is 9.74. The molecule has 8 heteroatoms. The normalized spacial score (nSPS) is 12.2. The summed E-state index contributed by atoms with van der Waals surface area (Å²) in [7, 11) is 0. The highest BCUT2D eigenvalue weighted by Crippen LogP contribution is 2.19. The number of rotatable bonds is 6. The fraction of sp³-hybridized carbons (Fsp3) is 0.211. The van der Waals surface area contributed by atoms with Crippen molar-refractivity contribution in [2.24, 2.45) is 11.0 Å². The number of carbonyl (C=O) groups excluding carboxylic acids is 2. The fourth-order valence-electron chi connectivity index (χ4n) is 2.20. The Bertz CT molecular complexity index is 852. The summed E-state index contributed by atoms with van der Waals surface area (Å²) in [5.41, 5.74) is 3.44. The molecule has 2 rings (SSSR count). The van der Waals surface area contributed by atoms with Gasteiger partial charge in [0.25, 0.3) is 11.8 Å². The Labute approximate surface area is 172 Å². The Hall–Kier alpha value is -2.08. The van der Waals surface area contributed by atoms with Crippen molar-refractivity contribution >= 4 is 52.8 Å². The molecular formula is C19H18Cl3N3O2. The third-order valence-electron chi connectivity index (χ3n) is 3.68. The van der Waals surface area contributed by atoms with Gasteiger partial charge in [0.2, 0.25) is 0 Å². The predicted octanol–water partition coefficient (Wildman–Crippen LogP) is 4.55. The topological polar surface area (TPSA) is 70.6 Å². The quantitative estimate of drug-likeness (QED) is 0.525. The van der Waals surface area contributed by atoms with E-state index in [1.54, 1.807) is 42.5 Å². The molecular weight excluding hydrogens is 409 g/mol. The largest absolute Gasteiger partial charge is 0.340 e. The van der Waals surface area contributed by atoms with E-state index in [0.717, 1.165) is 0 Å². The Morgan fingerprint density at radius 2 is 1.63 bits per heavy atom. The number of hydrogen-bond donors (Lipinski definition) is 2. The molecule has 142 valence electrons. The molecule has 0 saturated heterocycles. The zero-order valence-electron chi connectivity index (χ0n) is 14.7. The second-order valence-corrected chi connectivity index (χ2v) is 7.38. The van der Waals surface area contributed by atoms with Gasteiger partial charge in [-0.3, -0.25) is 9.59 Å². The summed E-state index contributed by atoms with van der Waals surface area (Å²) in [6.07, 6.45) is 1.41. The van der Waals surface area contributed by atoms with Gasteiger partial charge in [0.15, 0.2) is 0 Å². The molecule has 0 aliphatic rings. The third kappa shape index (κ3) is 6.24. The van der Waals surface area contributed by atoms with E-state index in [0.29, 0.717) is 26.2 Å². The summed E-state index contributed by atoms with van der Waals surface area (Å²) < 4.78 is 0. The van der Waals surface area contributed by atoms with Crippen LogP contribution < -0.4 is 10.7 Å². The van der Waals surface area contributed by atoms with Gasteiger partial charge in [-0.1, -0.05) is 54.7 Å². The summed E-state index contributed by atoms with van der Waals surface area (Å²) in [5, 5.41) is 8.06. The van der Waals surface area contributed by atoms with Crippen LogP contribution in [0.1, 0.15) is 29.8 Å². The van der Waals surface area contributed by atoms with E-state index in [1.807, 2.05) is 13.8 Å². The van der Waals surface area contributed by atoms with Gasteiger partial charge in [-0.05, 0) is 42.3 Å². The molecule has 2 amide bonds. The van der Waals surface area contributed by atoms with Crippen molar-refractivity contribution in [1.82, 2.24) is 10.7 Å². The Morgan fingerprint density at radius 3 is 2.22 bits per heavy atom. The molecule has 1 unspecified atom stereocenters.